The number of methoxy groups -OCH3 is 2. The number of hydrogen-bond donors (Lipinski definition) is 1. The molecule has 0 atom stereocenters. The standard InChI is InChI=1S/C17H15BrN2O5/c1-24-15-7-3-11(9-16(15)25-2)4-8-17(21)19-14-10-12(20(22)23)5-6-13(14)18/h3-10H,1-2H3,(H,19,21)/b8-4+. The second kappa shape index (κ2) is 8.29. The first-order valence-electron chi connectivity index (χ1n) is 7.09. The minimum atomic E-state index is -0.526. The summed E-state index contributed by atoms with van der Waals surface area (Å²) in [5.74, 6) is 0.715. The summed E-state index contributed by atoms with van der Waals surface area (Å²) in [5.41, 5.74) is 0.949. The fourth-order valence-electron chi connectivity index (χ4n) is 2.03. The minimum Gasteiger partial charge on any atom is -0.493 e. The van der Waals surface area contributed by atoms with Gasteiger partial charge in [0.25, 0.3) is 5.69 Å². The molecule has 0 radical (unpaired) electrons. The van der Waals surface area contributed by atoms with E-state index in [0.717, 1.165) is 5.56 Å². The van der Waals surface area contributed by atoms with Crippen LogP contribution in [0.1, 0.15) is 5.56 Å². The maximum atomic E-state index is 12.1. The summed E-state index contributed by atoms with van der Waals surface area (Å²) in [6.07, 6.45) is 2.93. The van der Waals surface area contributed by atoms with E-state index in [2.05, 4.69) is 21.2 Å². The summed E-state index contributed by atoms with van der Waals surface area (Å²) >= 11 is 3.25. The zero-order valence-electron chi connectivity index (χ0n) is 13.5. The lowest BCUT2D eigenvalue weighted by molar-refractivity contribution is -0.384. The maximum Gasteiger partial charge on any atom is 0.271 e. The van der Waals surface area contributed by atoms with E-state index in [9.17, 15) is 14.9 Å². The van der Waals surface area contributed by atoms with E-state index in [-0.39, 0.29) is 5.69 Å². The van der Waals surface area contributed by atoms with Crippen molar-refractivity contribution >= 4 is 39.3 Å². The van der Waals surface area contributed by atoms with Crippen molar-refractivity contribution in [1.82, 2.24) is 0 Å². The second-order valence-electron chi connectivity index (χ2n) is 4.86. The number of ether oxygens (including phenoxy) is 2. The number of hydrogen-bond acceptors (Lipinski definition) is 5. The Balaban J connectivity index is 2.14. The monoisotopic (exact) mass is 406 g/mol. The first-order valence-corrected chi connectivity index (χ1v) is 7.89. The maximum absolute atomic E-state index is 12.1. The number of rotatable bonds is 6. The van der Waals surface area contributed by atoms with E-state index >= 15 is 0 Å². The van der Waals surface area contributed by atoms with Gasteiger partial charge in [0.05, 0.1) is 24.8 Å². The molecule has 1 amide bonds. The minimum absolute atomic E-state index is 0.109. The van der Waals surface area contributed by atoms with Gasteiger partial charge in [0.15, 0.2) is 11.5 Å². The predicted molar refractivity (Wildman–Crippen MR) is 98.0 cm³/mol. The molecule has 0 heterocycles. The van der Waals surface area contributed by atoms with Gasteiger partial charge in [-0.3, -0.25) is 14.9 Å². The fraction of sp³-hybridized carbons (Fsp3) is 0.118. The summed E-state index contributed by atoms with van der Waals surface area (Å²) in [7, 11) is 3.07. The smallest absolute Gasteiger partial charge is 0.271 e. The van der Waals surface area contributed by atoms with Crippen LogP contribution in [-0.4, -0.2) is 25.1 Å². The molecule has 2 aromatic rings. The van der Waals surface area contributed by atoms with Gasteiger partial charge in [-0.25, -0.2) is 0 Å². The zero-order chi connectivity index (χ0) is 18.4. The van der Waals surface area contributed by atoms with E-state index in [0.29, 0.717) is 21.7 Å². The molecule has 0 bridgehead atoms. The van der Waals surface area contributed by atoms with Crippen LogP contribution in [0.3, 0.4) is 0 Å². The molecule has 0 saturated heterocycles. The molecule has 1 N–H and O–H groups in total. The summed E-state index contributed by atoms with van der Waals surface area (Å²) in [5, 5.41) is 13.4. The van der Waals surface area contributed by atoms with Gasteiger partial charge in [0, 0.05) is 22.7 Å². The van der Waals surface area contributed by atoms with Crippen molar-refractivity contribution in [3.8, 4) is 11.5 Å². The number of carbonyl (C=O) groups is 1. The Morgan fingerprint density at radius 1 is 1.16 bits per heavy atom. The van der Waals surface area contributed by atoms with Gasteiger partial charge in [-0.2, -0.15) is 0 Å². The summed E-state index contributed by atoms with van der Waals surface area (Å²) in [6.45, 7) is 0. The normalized spacial score (nSPS) is 10.5. The Morgan fingerprint density at radius 2 is 1.88 bits per heavy atom. The lowest BCUT2D eigenvalue weighted by Crippen LogP contribution is -2.08. The van der Waals surface area contributed by atoms with Gasteiger partial charge in [0.2, 0.25) is 5.91 Å². The molecule has 2 aromatic carbocycles. The Kier molecular flexibility index (Phi) is 6.13. The van der Waals surface area contributed by atoms with Gasteiger partial charge in [-0.05, 0) is 45.8 Å². The average molecular weight is 407 g/mol. The summed E-state index contributed by atoms with van der Waals surface area (Å²) in [4.78, 5) is 22.3. The van der Waals surface area contributed by atoms with E-state index in [4.69, 9.17) is 9.47 Å². The molecule has 130 valence electrons. The number of nitro groups is 1. The SMILES string of the molecule is COc1ccc(/C=C/C(=O)Nc2cc([N+](=O)[O-])ccc2Br)cc1OC. The van der Waals surface area contributed by atoms with Crippen molar-refractivity contribution in [2.75, 3.05) is 19.5 Å². The second-order valence-corrected chi connectivity index (χ2v) is 5.71. The van der Waals surface area contributed by atoms with Gasteiger partial charge < -0.3 is 14.8 Å². The fourth-order valence-corrected chi connectivity index (χ4v) is 2.37. The van der Waals surface area contributed by atoms with Crippen molar-refractivity contribution < 1.29 is 19.2 Å². The molecule has 0 aliphatic rings. The van der Waals surface area contributed by atoms with E-state index in [1.54, 1.807) is 24.3 Å². The number of non-ortho nitro benzene ring substituents is 1. The number of halogens is 1. The van der Waals surface area contributed by atoms with Gasteiger partial charge in [-0.1, -0.05) is 6.07 Å². The lowest BCUT2D eigenvalue weighted by atomic mass is 10.2. The highest BCUT2D eigenvalue weighted by Gasteiger charge is 2.11. The highest BCUT2D eigenvalue weighted by atomic mass is 79.9. The number of nitro benzene ring substituents is 1. The van der Waals surface area contributed by atoms with Crippen molar-refractivity contribution in [3.05, 3.63) is 62.6 Å². The van der Waals surface area contributed by atoms with Crippen LogP contribution in [0.5, 0.6) is 11.5 Å². The van der Waals surface area contributed by atoms with Gasteiger partial charge >= 0.3 is 0 Å². The molecule has 7 nitrogen and oxygen atoms in total. The van der Waals surface area contributed by atoms with E-state index in [1.807, 2.05) is 0 Å². The average Bonchev–Trinajstić information content (AvgIpc) is 2.61. The molecule has 0 aliphatic heterocycles. The molecular formula is C17H15BrN2O5. The van der Waals surface area contributed by atoms with Crippen LogP contribution in [0.25, 0.3) is 6.08 Å². The number of nitrogens with zero attached hydrogens (tertiary/aromatic N) is 1. The van der Waals surface area contributed by atoms with Crippen molar-refractivity contribution in [2.24, 2.45) is 0 Å². The quantitative estimate of drug-likeness (QED) is 0.444. The first kappa shape index (κ1) is 18.5. The molecule has 0 aromatic heterocycles. The third-order valence-electron chi connectivity index (χ3n) is 3.25. The molecule has 0 saturated carbocycles. The molecule has 8 heteroatoms. The van der Waals surface area contributed by atoms with Crippen LogP contribution in [-0.2, 0) is 4.79 Å². The van der Waals surface area contributed by atoms with Crippen molar-refractivity contribution in [3.63, 3.8) is 0 Å². The molecular weight excluding hydrogens is 392 g/mol. The number of benzene rings is 2. The molecule has 0 spiro atoms. The molecule has 25 heavy (non-hydrogen) atoms. The topological polar surface area (TPSA) is 90.7 Å². The van der Waals surface area contributed by atoms with E-state index < -0.39 is 10.8 Å². The highest BCUT2D eigenvalue weighted by molar-refractivity contribution is 9.10. The molecule has 2 rings (SSSR count). The first-order chi connectivity index (χ1) is 11.9. The number of carbonyl (C=O) groups excluding carboxylic acids is 1. The number of nitrogens with one attached hydrogen (secondary N) is 1. The third kappa shape index (κ3) is 4.80. The Hall–Kier alpha value is -2.87. The van der Waals surface area contributed by atoms with Crippen LogP contribution >= 0.6 is 15.9 Å². The largest absolute Gasteiger partial charge is 0.493 e. The predicted octanol–water partition coefficient (Wildman–Crippen LogP) is 4.03. The van der Waals surface area contributed by atoms with Crippen molar-refractivity contribution in [2.45, 2.75) is 0 Å². The highest BCUT2D eigenvalue weighted by Crippen LogP contribution is 2.29. The van der Waals surface area contributed by atoms with Crippen LogP contribution in [0.4, 0.5) is 11.4 Å². The van der Waals surface area contributed by atoms with Gasteiger partial charge in [-0.15, -0.1) is 0 Å². The third-order valence-corrected chi connectivity index (χ3v) is 3.94. The van der Waals surface area contributed by atoms with Gasteiger partial charge in [0.1, 0.15) is 0 Å². The molecule has 0 fully saturated rings. The van der Waals surface area contributed by atoms with Crippen molar-refractivity contribution in [1.29, 1.82) is 0 Å². The lowest BCUT2D eigenvalue weighted by Gasteiger charge is -2.07. The summed E-state index contributed by atoms with van der Waals surface area (Å²) < 4.78 is 10.9. The molecule has 0 aliphatic carbocycles. The Labute approximate surface area is 152 Å². The summed E-state index contributed by atoms with van der Waals surface area (Å²) in [6, 6.07) is 9.37. The Morgan fingerprint density at radius 3 is 2.52 bits per heavy atom. The number of anilines is 1. The zero-order valence-corrected chi connectivity index (χ0v) is 15.1. The molecule has 0 unspecified atom stereocenters. The van der Waals surface area contributed by atoms with Crippen LogP contribution in [0.2, 0.25) is 0 Å². The van der Waals surface area contributed by atoms with E-state index in [1.165, 1.54) is 38.5 Å². The Bertz CT molecular complexity index is 836. The van der Waals surface area contributed by atoms with Crippen LogP contribution in [0.15, 0.2) is 46.9 Å². The van der Waals surface area contributed by atoms with Crippen LogP contribution < -0.4 is 14.8 Å². The number of amides is 1. The van der Waals surface area contributed by atoms with Crippen LogP contribution in [0, 0.1) is 10.1 Å².